The molecular formula is C21H23NO. The summed E-state index contributed by atoms with van der Waals surface area (Å²) >= 11 is 0. The van der Waals surface area contributed by atoms with Crippen LogP contribution in [0.25, 0.3) is 0 Å². The SMILES string of the molecule is C=C=C=C=C=C=C=C=C(C=O)C1C2CCCCCCC2CN1C. The fourth-order valence-electron chi connectivity index (χ4n) is 3.93. The normalized spacial score (nSPS) is 26.4. The number of aldehydes is 1. The van der Waals surface area contributed by atoms with Gasteiger partial charge >= 0.3 is 0 Å². The van der Waals surface area contributed by atoms with Crippen molar-refractivity contribution in [3.05, 3.63) is 52.3 Å². The maximum Gasteiger partial charge on any atom is 0.156 e. The first-order valence-corrected chi connectivity index (χ1v) is 8.33. The molecule has 0 N–H and O–H groups in total. The van der Waals surface area contributed by atoms with Gasteiger partial charge in [-0.1, -0.05) is 37.1 Å². The predicted octanol–water partition coefficient (Wildman–Crippen LogP) is 3.73. The highest BCUT2D eigenvalue weighted by atomic mass is 16.1. The minimum absolute atomic E-state index is 0.150. The molecule has 1 saturated heterocycles. The van der Waals surface area contributed by atoms with Crippen LogP contribution in [-0.2, 0) is 4.79 Å². The Hall–Kier alpha value is -2.17. The minimum Gasteiger partial charge on any atom is -0.298 e. The third kappa shape index (κ3) is 4.65. The number of nitrogens with zero attached hydrogens (tertiary/aromatic N) is 1. The van der Waals surface area contributed by atoms with Crippen LogP contribution in [0.15, 0.2) is 52.3 Å². The van der Waals surface area contributed by atoms with Crippen LogP contribution in [-0.4, -0.2) is 30.8 Å². The van der Waals surface area contributed by atoms with Crippen LogP contribution in [0.1, 0.15) is 38.5 Å². The Morgan fingerprint density at radius 1 is 1.04 bits per heavy atom. The molecule has 1 aliphatic carbocycles. The van der Waals surface area contributed by atoms with Crippen LogP contribution in [0.3, 0.4) is 0 Å². The molecule has 2 nitrogen and oxygen atoms in total. The van der Waals surface area contributed by atoms with Gasteiger partial charge in [-0.25, -0.2) is 0 Å². The molecule has 2 aliphatic rings. The summed E-state index contributed by atoms with van der Waals surface area (Å²) in [5, 5.41) is 0. The van der Waals surface area contributed by atoms with E-state index in [1.54, 1.807) is 0 Å². The molecule has 1 saturated carbocycles. The summed E-state index contributed by atoms with van der Waals surface area (Å²) in [7, 11) is 2.11. The zero-order chi connectivity index (χ0) is 16.5. The standard InChI is InChI=1S/C21H23NO/c1-3-4-5-6-7-11-14-19(17-23)21-20-15-12-9-8-10-13-18(20)16-22(21)2/h17-18,20-21H,1,8-10,12-13,15-16H2,2H3. The second kappa shape index (κ2) is 9.08. The predicted molar refractivity (Wildman–Crippen MR) is 90.9 cm³/mol. The van der Waals surface area contributed by atoms with E-state index in [-0.39, 0.29) is 6.04 Å². The summed E-state index contributed by atoms with van der Waals surface area (Å²) in [6.07, 6.45) is 8.63. The second-order valence-corrected chi connectivity index (χ2v) is 6.30. The lowest BCUT2D eigenvalue weighted by Gasteiger charge is -2.27. The van der Waals surface area contributed by atoms with E-state index in [1.165, 1.54) is 38.5 Å². The summed E-state index contributed by atoms with van der Waals surface area (Å²) in [5.41, 5.74) is 19.2. The van der Waals surface area contributed by atoms with Crippen LogP contribution in [0, 0.1) is 11.8 Å². The minimum atomic E-state index is 0.150. The van der Waals surface area contributed by atoms with Crippen LogP contribution < -0.4 is 0 Å². The molecule has 3 unspecified atom stereocenters. The summed E-state index contributed by atoms with van der Waals surface area (Å²) in [4.78, 5) is 13.9. The van der Waals surface area contributed by atoms with Crippen molar-refractivity contribution in [2.24, 2.45) is 11.8 Å². The van der Waals surface area contributed by atoms with E-state index in [1.807, 2.05) is 0 Å². The van der Waals surface area contributed by atoms with Gasteiger partial charge in [0.15, 0.2) is 6.29 Å². The van der Waals surface area contributed by atoms with E-state index >= 15 is 0 Å². The van der Waals surface area contributed by atoms with Crippen LogP contribution in [0.5, 0.6) is 0 Å². The lowest BCUT2D eigenvalue weighted by molar-refractivity contribution is -0.105. The van der Waals surface area contributed by atoms with Crippen molar-refractivity contribution < 1.29 is 4.79 Å². The number of likely N-dealkylation sites (N-methyl/N-ethyl adjacent to an activating group) is 1. The lowest BCUT2D eigenvalue weighted by Crippen LogP contribution is -2.32. The molecule has 0 aromatic heterocycles. The molecule has 3 atom stereocenters. The third-order valence-corrected chi connectivity index (χ3v) is 4.86. The van der Waals surface area contributed by atoms with Gasteiger partial charge in [0, 0.05) is 12.6 Å². The molecule has 1 heterocycles. The molecular weight excluding hydrogens is 282 g/mol. The van der Waals surface area contributed by atoms with E-state index in [0.29, 0.717) is 17.4 Å². The molecule has 0 bridgehead atoms. The van der Waals surface area contributed by atoms with E-state index in [9.17, 15) is 4.79 Å². The number of rotatable bonds is 2. The first-order valence-electron chi connectivity index (χ1n) is 8.33. The molecule has 2 fully saturated rings. The third-order valence-electron chi connectivity index (χ3n) is 4.86. The average molecular weight is 305 g/mol. The van der Waals surface area contributed by atoms with Crippen LogP contribution >= 0.6 is 0 Å². The summed E-state index contributed by atoms with van der Waals surface area (Å²) in [5.74, 6) is 1.25. The topological polar surface area (TPSA) is 20.3 Å². The van der Waals surface area contributed by atoms with Crippen LogP contribution in [0.4, 0.5) is 0 Å². The molecule has 0 amide bonds. The van der Waals surface area contributed by atoms with E-state index < -0.39 is 0 Å². The lowest BCUT2D eigenvalue weighted by atomic mass is 9.79. The van der Waals surface area contributed by atoms with Crippen LogP contribution in [0.2, 0.25) is 0 Å². The Morgan fingerprint density at radius 2 is 1.74 bits per heavy atom. The van der Waals surface area contributed by atoms with Gasteiger partial charge in [-0.3, -0.25) is 9.69 Å². The average Bonchev–Trinajstić information content (AvgIpc) is 2.82. The molecule has 1 aliphatic heterocycles. The number of hydrogen-bond donors (Lipinski definition) is 0. The fraction of sp³-hybridized carbons (Fsp3) is 0.524. The molecule has 0 aromatic rings. The molecule has 0 spiro atoms. The number of fused-ring (bicyclic) bond motifs is 1. The number of carbonyl (C=O) groups excluding carboxylic acids is 1. The van der Waals surface area contributed by atoms with Crippen molar-refractivity contribution in [3.63, 3.8) is 0 Å². The highest BCUT2D eigenvalue weighted by Crippen LogP contribution is 2.39. The molecule has 2 rings (SSSR count). The van der Waals surface area contributed by atoms with Crippen molar-refractivity contribution in [1.82, 2.24) is 4.90 Å². The molecule has 23 heavy (non-hydrogen) atoms. The summed E-state index contributed by atoms with van der Waals surface area (Å²) < 4.78 is 0. The van der Waals surface area contributed by atoms with E-state index in [0.717, 1.165) is 12.8 Å². The summed E-state index contributed by atoms with van der Waals surface area (Å²) in [6, 6.07) is 0.150. The van der Waals surface area contributed by atoms with Gasteiger partial charge in [0.2, 0.25) is 0 Å². The highest BCUT2D eigenvalue weighted by Gasteiger charge is 2.41. The Bertz CT molecular complexity index is 703. The van der Waals surface area contributed by atoms with Gasteiger partial charge in [-0.2, -0.15) is 0 Å². The number of likely N-dealkylation sites (tertiary alicyclic amines) is 1. The van der Waals surface area contributed by atoms with Gasteiger partial charge in [0.1, 0.15) is 0 Å². The Labute approximate surface area is 138 Å². The summed E-state index contributed by atoms with van der Waals surface area (Å²) in [6.45, 7) is 4.45. The first kappa shape index (κ1) is 17.2. The number of carbonyl (C=O) groups is 1. The first-order chi connectivity index (χ1) is 11.3. The van der Waals surface area contributed by atoms with Crippen molar-refractivity contribution in [2.45, 2.75) is 44.6 Å². The fourth-order valence-corrected chi connectivity index (χ4v) is 3.93. The maximum absolute atomic E-state index is 11.6. The van der Waals surface area contributed by atoms with Gasteiger partial charge < -0.3 is 0 Å². The van der Waals surface area contributed by atoms with Crippen molar-refractivity contribution in [1.29, 1.82) is 0 Å². The molecule has 118 valence electrons. The van der Waals surface area contributed by atoms with Crippen molar-refractivity contribution in [2.75, 3.05) is 13.6 Å². The quantitative estimate of drug-likeness (QED) is 0.440. The molecule has 0 aromatic carbocycles. The van der Waals surface area contributed by atoms with E-state index in [2.05, 4.69) is 58.6 Å². The van der Waals surface area contributed by atoms with Gasteiger partial charge in [0.25, 0.3) is 0 Å². The van der Waals surface area contributed by atoms with Crippen molar-refractivity contribution >= 4 is 6.29 Å². The largest absolute Gasteiger partial charge is 0.298 e. The Morgan fingerprint density at radius 3 is 2.48 bits per heavy atom. The van der Waals surface area contributed by atoms with Gasteiger partial charge in [-0.15, -0.1) is 0 Å². The smallest absolute Gasteiger partial charge is 0.156 e. The van der Waals surface area contributed by atoms with E-state index in [4.69, 9.17) is 0 Å². The van der Waals surface area contributed by atoms with Crippen molar-refractivity contribution in [3.8, 4) is 0 Å². The monoisotopic (exact) mass is 305 g/mol. The highest BCUT2D eigenvalue weighted by molar-refractivity contribution is 5.75. The Kier molecular flexibility index (Phi) is 6.78. The van der Waals surface area contributed by atoms with Gasteiger partial charge in [0.05, 0.1) is 5.57 Å². The zero-order valence-corrected chi connectivity index (χ0v) is 13.8. The second-order valence-electron chi connectivity index (χ2n) is 6.30. The van der Waals surface area contributed by atoms with Gasteiger partial charge in [-0.05, 0) is 67.0 Å². The molecule has 2 heteroatoms. The number of hydrogen-bond acceptors (Lipinski definition) is 2. The maximum atomic E-state index is 11.6. The Balaban J connectivity index is 2.37. The molecule has 0 radical (unpaired) electrons. The zero-order valence-electron chi connectivity index (χ0n) is 13.8.